The van der Waals surface area contributed by atoms with E-state index < -0.39 is 0 Å². The smallest absolute Gasteiger partial charge is 0.230 e. The van der Waals surface area contributed by atoms with Gasteiger partial charge in [0.05, 0.1) is 6.42 Å². The molecule has 0 bridgehead atoms. The highest BCUT2D eigenvalue weighted by Gasteiger charge is 2.10. The van der Waals surface area contributed by atoms with Gasteiger partial charge in [-0.15, -0.1) is 10.2 Å². The summed E-state index contributed by atoms with van der Waals surface area (Å²) in [5, 5.41) is 12.5. The van der Waals surface area contributed by atoms with E-state index >= 15 is 0 Å². The number of rotatable bonds is 6. The highest BCUT2D eigenvalue weighted by atomic mass is 32.1. The van der Waals surface area contributed by atoms with Gasteiger partial charge in [0.25, 0.3) is 0 Å². The highest BCUT2D eigenvalue weighted by molar-refractivity contribution is 7.15. The molecule has 4 aromatic rings. The summed E-state index contributed by atoms with van der Waals surface area (Å²) in [6.07, 6.45) is 5.00. The van der Waals surface area contributed by atoms with Gasteiger partial charge < -0.3 is 9.88 Å². The van der Waals surface area contributed by atoms with E-state index in [1.54, 1.807) is 0 Å². The van der Waals surface area contributed by atoms with Crippen LogP contribution in [0.5, 0.6) is 0 Å². The van der Waals surface area contributed by atoms with Crippen molar-refractivity contribution in [1.29, 1.82) is 0 Å². The van der Waals surface area contributed by atoms with Crippen LogP contribution in [-0.2, 0) is 17.6 Å². The Labute approximate surface area is 161 Å². The molecule has 0 spiro atoms. The van der Waals surface area contributed by atoms with Crippen molar-refractivity contribution >= 4 is 22.4 Å². The predicted molar refractivity (Wildman–Crippen MR) is 107 cm³/mol. The number of nitrogens with one attached hydrogen (secondary N) is 1. The largest absolute Gasteiger partial charge is 0.324 e. The van der Waals surface area contributed by atoms with Crippen LogP contribution in [0, 0.1) is 0 Å². The maximum atomic E-state index is 12.3. The third kappa shape index (κ3) is 4.48. The molecule has 27 heavy (non-hydrogen) atoms. The Hall–Kier alpha value is -3.25. The lowest BCUT2D eigenvalue weighted by Crippen LogP contribution is -2.14. The van der Waals surface area contributed by atoms with Crippen LogP contribution in [-0.4, -0.2) is 20.7 Å². The Morgan fingerprint density at radius 2 is 1.63 bits per heavy atom. The molecule has 0 aliphatic carbocycles. The molecule has 0 unspecified atom stereocenters. The first-order valence-electron chi connectivity index (χ1n) is 8.65. The highest BCUT2D eigenvalue weighted by Crippen LogP contribution is 2.19. The minimum Gasteiger partial charge on any atom is -0.324 e. The Bertz CT molecular complexity index is 1010. The molecule has 4 rings (SSSR count). The second kappa shape index (κ2) is 7.97. The number of carbonyl (C=O) groups excluding carboxylic acids is 1. The number of benzene rings is 2. The SMILES string of the molecule is O=C(Cc1ccc(-n2cccc2)cc1)Nc1nnc(Cc2ccccc2)s1. The molecular weight excluding hydrogens is 356 g/mol. The number of amides is 1. The summed E-state index contributed by atoms with van der Waals surface area (Å²) in [5.74, 6) is -0.0916. The normalized spacial score (nSPS) is 10.7. The van der Waals surface area contributed by atoms with Gasteiger partial charge in [-0.25, -0.2) is 0 Å². The lowest BCUT2D eigenvalue weighted by atomic mass is 10.1. The van der Waals surface area contributed by atoms with E-state index in [1.807, 2.05) is 71.6 Å². The molecule has 0 aliphatic heterocycles. The van der Waals surface area contributed by atoms with Crippen molar-refractivity contribution in [1.82, 2.24) is 14.8 Å². The van der Waals surface area contributed by atoms with Crippen molar-refractivity contribution in [3.8, 4) is 5.69 Å². The maximum Gasteiger partial charge on any atom is 0.230 e. The Kier molecular flexibility index (Phi) is 5.07. The second-order valence-corrected chi connectivity index (χ2v) is 7.21. The Balaban J connectivity index is 1.34. The summed E-state index contributed by atoms with van der Waals surface area (Å²) in [6.45, 7) is 0. The van der Waals surface area contributed by atoms with Gasteiger partial charge in [-0.2, -0.15) is 0 Å². The topological polar surface area (TPSA) is 59.8 Å². The fourth-order valence-corrected chi connectivity index (χ4v) is 3.58. The summed E-state index contributed by atoms with van der Waals surface area (Å²) in [7, 11) is 0. The van der Waals surface area contributed by atoms with Crippen LogP contribution in [0.15, 0.2) is 79.1 Å². The summed E-state index contributed by atoms with van der Waals surface area (Å²) in [5.41, 5.74) is 3.20. The first-order valence-corrected chi connectivity index (χ1v) is 9.46. The summed E-state index contributed by atoms with van der Waals surface area (Å²) < 4.78 is 2.03. The van der Waals surface area contributed by atoms with E-state index in [9.17, 15) is 4.79 Å². The van der Waals surface area contributed by atoms with E-state index in [-0.39, 0.29) is 5.91 Å². The fraction of sp³-hybridized carbons (Fsp3) is 0.0952. The quantitative estimate of drug-likeness (QED) is 0.553. The molecule has 1 amide bonds. The van der Waals surface area contributed by atoms with Crippen molar-refractivity contribution in [3.63, 3.8) is 0 Å². The first kappa shape index (κ1) is 17.2. The molecule has 0 radical (unpaired) electrons. The average molecular weight is 374 g/mol. The van der Waals surface area contributed by atoms with Crippen LogP contribution in [0.1, 0.15) is 16.1 Å². The van der Waals surface area contributed by atoms with Crippen LogP contribution < -0.4 is 5.32 Å². The molecule has 6 heteroatoms. The number of hydrogen-bond acceptors (Lipinski definition) is 4. The number of aromatic nitrogens is 3. The third-order valence-electron chi connectivity index (χ3n) is 4.11. The molecule has 0 fully saturated rings. The van der Waals surface area contributed by atoms with Gasteiger partial charge in [-0.3, -0.25) is 4.79 Å². The van der Waals surface area contributed by atoms with Crippen molar-refractivity contribution in [2.45, 2.75) is 12.8 Å². The summed E-state index contributed by atoms with van der Waals surface area (Å²) >= 11 is 1.41. The van der Waals surface area contributed by atoms with E-state index in [4.69, 9.17) is 0 Å². The van der Waals surface area contributed by atoms with Crippen LogP contribution in [0.2, 0.25) is 0 Å². The molecule has 0 aliphatic rings. The van der Waals surface area contributed by atoms with Crippen LogP contribution in [0.4, 0.5) is 5.13 Å². The molecule has 134 valence electrons. The van der Waals surface area contributed by atoms with Gasteiger partial charge in [-0.1, -0.05) is 53.8 Å². The van der Waals surface area contributed by atoms with Gasteiger partial charge in [0, 0.05) is 24.5 Å². The van der Waals surface area contributed by atoms with Gasteiger partial charge in [0.15, 0.2) is 0 Å². The lowest BCUT2D eigenvalue weighted by molar-refractivity contribution is -0.115. The third-order valence-corrected chi connectivity index (χ3v) is 4.95. The zero-order valence-corrected chi connectivity index (χ0v) is 15.4. The van der Waals surface area contributed by atoms with Crippen molar-refractivity contribution in [3.05, 3.63) is 95.3 Å². The second-order valence-electron chi connectivity index (χ2n) is 6.15. The Morgan fingerprint density at radius 1 is 0.889 bits per heavy atom. The fourth-order valence-electron chi connectivity index (χ4n) is 2.79. The van der Waals surface area contributed by atoms with Crippen LogP contribution >= 0.6 is 11.3 Å². The molecule has 5 nitrogen and oxygen atoms in total. The minimum absolute atomic E-state index is 0.0916. The summed E-state index contributed by atoms with van der Waals surface area (Å²) in [4.78, 5) is 12.3. The van der Waals surface area contributed by atoms with E-state index in [0.717, 1.165) is 22.7 Å². The van der Waals surface area contributed by atoms with Gasteiger partial charge in [-0.05, 0) is 35.4 Å². The number of anilines is 1. The molecule has 1 N–H and O–H groups in total. The molecule has 0 saturated heterocycles. The van der Waals surface area contributed by atoms with E-state index in [1.165, 1.54) is 16.9 Å². The predicted octanol–water partition coefficient (Wildman–Crippen LogP) is 4.10. The summed E-state index contributed by atoms with van der Waals surface area (Å²) in [6, 6.07) is 22.0. The average Bonchev–Trinajstić information content (AvgIpc) is 3.36. The molecule has 2 aromatic heterocycles. The Morgan fingerprint density at radius 3 is 2.37 bits per heavy atom. The molecule has 0 atom stereocenters. The van der Waals surface area contributed by atoms with Crippen molar-refractivity contribution in [2.75, 3.05) is 5.32 Å². The molecule has 0 saturated carbocycles. The number of hydrogen-bond donors (Lipinski definition) is 1. The molecule has 2 aromatic carbocycles. The van der Waals surface area contributed by atoms with E-state index in [0.29, 0.717) is 11.6 Å². The number of nitrogens with zero attached hydrogens (tertiary/aromatic N) is 3. The molecule has 2 heterocycles. The standard InChI is InChI=1S/C21H18N4OS/c26-19(14-17-8-10-18(11-9-17)25-12-4-5-13-25)22-21-24-23-20(27-21)15-16-6-2-1-3-7-16/h1-13H,14-15H2,(H,22,24,26). The lowest BCUT2D eigenvalue weighted by Gasteiger charge is -2.05. The van der Waals surface area contributed by atoms with E-state index in [2.05, 4.69) is 27.6 Å². The van der Waals surface area contributed by atoms with Gasteiger partial charge in [0.2, 0.25) is 11.0 Å². The van der Waals surface area contributed by atoms with Gasteiger partial charge in [0.1, 0.15) is 5.01 Å². The number of carbonyl (C=O) groups is 1. The first-order chi connectivity index (χ1) is 13.3. The maximum absolute atomic E-state index is 12.3. The monoisotopic (exact) mass is 374 g/mol. The zero-order valence-electron chi connectivity index (χ0n) is 14.6. The van der Waals surface area contributed by atoms with Crippen LogP contribution in [0.25, 0.3) is 5.69 Å². The molecular formula is C21H18N4OS. The minimum atomic E-state index is -0.0916. The van der Waals surface area contributed by atoms with Crippen molar-refractivity contribution < 1.29 is 4.79 Å². The van der Waals surface area contributed by atoms with Crippen LogP contribution in [0.3, 0.4) is 0 Å². The van der Waals surface area contributed by atoms with Crippen molar-refractivity contribution in [2.24, 2.45) is 0 Å². The zero-order chi connectivity index (χ0) is 18.5. The van der Waals surface area contributed by atoms with Gasteiger partial charge >= 0.3 is 0 Å².